The number of nitrogens with one attached hydrogen (secondary N) is 1. The highest BCUT2D eigenvalue weighted by molar-refractivity contribution is 5.84. The Hall–Kier alpha value is -1.06. The lowest BCUT2D eigenvalue weighted by Crippen LogP contribution is -2.41. The molecule has 4 nitrogen and oxygen atoms in total. The molecule has 0 aliphatic rings. The highest BCUT2D eigenvalue weighted by atomic mass is 16.5. The minimum atomic E-state index is -0.483. The molecule has 0 saturated heterocycles. The molecule has 1 amide bonds. The molecule has 0 radical (unpaired) electrons. The maximum atomic E-state index is 11.6. The zero-order valence-electron chi connectivity index (χ0n) is 11.3. The van der Waals surface area contributed by atoms with Gasteiger partial charge in [0.2, 0.25) is 5.91 Å². The maximum absolute atomic E-state index is 11.6. The molecule has 0 aromatic carbocycles. The number of unbranched alkanes of at least 4 members (excludes halogenated alkanes) is 3. The summed E-state index contributed by atoms with van der Waals surface area (Å²) in [5.41, 5.74) is 0. The number of hydrogen-bond acceptors (Lipinski definition) is 3. The third-order valence-electron chi connectivity index (χ3n) is 2.66. The van der Waals surface area contributed by atoms with Crippen LogP contribution in [-0.2, 0) is 14.3 Å². The van der Waals surface area contributed by atoms with Gasteiger partial charge in [0.05, 0.1) is 7.11 Å². The van der Waals surface area contributed by atoms with Crippen molar-refractivity contribution in [1.29, 1.82) is 0 Å². The molecular formula is C13H25NO3. The minimum absolute atomic E-state index is 0.0510. The van der Waals surface area contributed by atoms with Crippen LogP contribution < -0.4 is 5.32 Å². The van der Waals surface area contributed by atoms with Gasteiger partial charge in [-0.05, 0) is 12.8 Å². The van der Waals surface area contributed by atoms with Gasteiger partial charge >= 0.3 is 5.97 Å². The SMILES string of the molecule is CCCCCCC(=O)NC(CCC)C(=O)OC. The van der Waals surface area contributed by atoms with Crippen LogP contribution in [0.5, 0.6) is 0 Å². The number of methoxy groups -OCH3 is 1. The molecule has 0 aromatic heterocycles. The number of esters is 1. The Kier molecular flexibility index (Phi) is 9.49. The van der Waals surface area contributed by atoms with E-state index < -0.39 is 6.04 Å². The number of carbonyl (C=O) groups excluding carboxylic acids is 2. The molecule has 0 fully saturated rings. The molecule has 0 aliphatic heterocycles. The largest absolute Gasteiger partial charge is 0.467 e. The lowest BCUT2D eigenvalue weighted by molar-refractivity contribution is -0.145. The summed E-state index contributed by atoms with van der Waals surface area (Å²) in [4.78, 5) is 23.0. The van der Waals surface area contributed by atoms with Crippen molar-refractivity contribution in [1.82, 2.24) is 5.32 Å². The van der Waals surface area contributed by atoms with Gasteiger partial charge in [-0.25, -0.2) is 4.79 Å². The molecule has 1 unspecified atom stereocenters. The molecule has 0 spiro atoms. The van der Waals surface area contributed by atoms with E-state index in [0.29, 0.717) is 12.8 Å². The fourth-order valence-corrected chi connectivity index (χ4v) is 1.66. The van der Waals surface area contributed by atoms with E-state index in [9.17, 15) is 9.59 Å². The lowest BCUT2D eigenvalue weighted by Gasteiger charge is -2.15. The maximum Gasteiger partial charge on any atom is 0.328 e. The Bertz CT molecular complexity index is 229. The van der Waals surface area contributed by atoms with Crippen molar-refractivity contribution in [2.45, 2.75) is 64.8 Å². The highest BCUT2D eigenvalue weighted by Crippen LogP contribution is 2.04. The minimum Gasteiger partial charge on any atom is -0.467 e. The fourth-order valence-electron chi connectivity index (χ4n) is 1.66. The second-order valence-electron chi connectivity index (χ2n) is 4.24. The monoisotopic (exact) mass is 243 g/mol. The first-order valence-corrected chi connectivity index (χ1v) is 6.52. The first-order valence-electron chi connectivity index (χ1n) is 6.52. The van der Waals surface area contributed by atoms with Crippen molar-refractivity contribution in [2.24, 2.45) is 0 Å². The Balaban J connectivity index is 3.91. The van der Waals surface area contributed by atoms with Crippen LogP contribution in [0.3, 0.4) is 0 Å². The first-order chi connectivity index (χ1) is 8.15. The summed E-state index contributed by atoms with van der Waals surface area (Å²) < 4.78 is 4.66. The molecule has 4 heteroatoms. The smallest absolute Gasteiger partial charge is 0.328 e. The van der Waals surface area contributed by atoms with E-state index >= 15 is 0 Å². The average Bonchev–Trinajstić information content (AvgIpc) is 2.33. The van der Waals surface area contributed by atoms with Crippen LogP contribution in [-0.4, -0.2) is 25.0 Å². The van der Waals surface area contributed by atoms with Gasteiger partial charge in [0.15, 0.2) is 0 Å². The standard InChI is InChI=1S/C13H25NO3/c1-4-6-7-8-10-12(15)14-11(9-5-2)13(16)17-3/h11H,4-10H2,1-3H3,(H,14,15). The van der Waals surface area contributed by atoms with Crippen LogP contribution in [0.1, 0.15) is 58.8 Å². The van der Waals surface area contributed by atoms with Crippen molar-refractivity contribution >= 4 is 11.9 Å². The Morgan fingerprint density at radius 1 is 1.12 bits per heavy atom. The van der Waals surface area contributed by atoms with Crippen LogP contribution in [0.15, 0.2) is 0 Å². The van der Waals surface area contributed by atoms with E-state index in [0.717, 1.165) is 32.1 Å². The molecule has 0 aromatic rings. The molecule has 1 atom stereocenters. The van der Waals surface area contributed by atoms with E-state index in [2.05, 4.69) is 17.0 Å². The Labute approximate surface area is 104 Å². The molecular weight excluding hydrogens is 218 g/mol. The van der Waals surface area contributed by atoms with Gasteiger partial charge in [0, 0.05) is 6.42 Å². The van der Waals surface area contributed by atoms with Crippen LogP contribution in [0.25, 0.3) is 0 Å². The molecule has 0 heterocycles. The number of amides is 1. The third-order valence-corrected chi connectivity index (χ3v) is 2.66. The van der Waals surface area contributed by atoms with Crippen molar-refractivity contribution in [3.63, 3.8) is 0 Å². The normalized spacial score (nSPS) is 11.9. The summed E-state index contributed by atoms with van der Waals surface area (Å²) in [7, 11) is 1.35. The quantitative estimate of drug-likeness (QED) is 0.500. The summed E-state index contributed by atoms with van der Waals surface area (Å²) in [6, 6.07) is -0.483. The first kappa shape index (κ1) is 15.9. The summed E-state index contributed by atoms with van der Waals surface area (Å²) in [5.74, 6) is -0.404. The molecule has 17 heavy (non-hydrogen) atoms. The van der Waals surface area contributed by atoms with Gasteiger partial charge in [0.1, 0.15) is 6.04 Å². The van der Waals surface area contributed by atoms with E-state index in [-0.39, 0.29) is 11.9 Å². The fraction of sp³-hybridized carbons (Fsp3) is 0.846. The second-order valence-corrected chi connectivity index (χ2v) is 4.24. The third kappa shape index (κ3) is 7.77. The zero-order chi connectivity index (χ0) is 13.1. The molecule has 0 bridgehead atoms. The van der Waals surface area contributed by atoms with Crippen molar-refractivity contribution < 1.29 is 14.3 Å². The van der Waals surface area contributed by atoms with E-state index in [1.165, 1.54) is 7.11 Å². The molecule has 0 aliphatic carbocycles. The van der Waals surface area contributed by atoms with Gasteiger partial charge in [-0.1, -0.05) is 39.5 Å². The number of rotatable bonds is 9. The average molecular weight is 243 g/mol. The van der Waals surface area contributed by atoms with Crippen molar-refractivity contribution in [2.75, 3.05) is 7.11 Å². The molecule has 0 rings (SSSR count). The molecule has 100 valence electrons. The van der Waals surface area contributed by atoms with Gasteiger partial charge < -0.3 is 10.1 Å². The lowest BCUT2D eigenvalue weighted by atomic mass is 10.1. The van der Waals surface area contributed by atoms with Gasteiger partial charge in [-0.3, -0.25) is 4.79 Å². The number of ether oxygens (including phenoxy) is 1. The predicted molar refractivity (Wildman–Crippen MR) is 67.6 cm³/mol. The summed E-state index contributed by atoms with van der Waals surface area (Å²) in [6.07, 6.45) is 6.24. The van der Waals surface area contributed by atoms with Gasteiger partial charge in [-0.2, -0.15) is 0 Å². The predicted octanol–water partition coefficient (Wildman–Crippen LogP) is 2.41. The summed E-state index contributed by atoms with van der Waals surface area (Å²) in [6.45, 7) is 4.11. The van der Waals surface area contributed by atoms with Crippen LogP contribution in [0, 0.1) is 0 Å². The summed E-state index contributed by atoms with van der Waals surface area (Å²) >= 11 is 0. The zero-order valence-corrected chi connectivity index (χ0v) is 11.3. The number of carbonyl (C=O) groups is 2. The topological polar surface area (TPSA) is 55.4 Å². The molecule has 1 N–H and O–H groups in total. The Morgan fingerprint density at radius 2 is 1.82 bits per heavy atom. The highest BCUT2D eigenvalue weighted by Gasteiger charge is 2.19. The van der Waals surface area contributed by atoms with Crippen molar-refractivity contribution in [3.05, 3.63) is 0 Å². The van der Waals surface area contributed by atoms with E-state index in [1.54, 1.807) is 0 Å². The van der Waals surface area contributed by atoms with Crippen LogP contribution >= 0.6 is 0 Å². The van der Waals surface area contributed by atoms with Crippen LogP contribution in [0.2, 0.25) is 0 Å². The summed E-state index contributed by atoms with van der Waals surface area (Å²) in [5, 5.41) is 2.73. The van der Waals surface area contributed by atoms with Crippen LogP contribution in [0.4, 0.5) is 0 Å². The van der Waals surface area contributed by atoms with Gasteiger partial charge in [-0.15, -0.1) is 0 Å². The number of hydrogen-bond donors (Lipinski definition) is 1. The molecule has 0 saturated carbocycles. The Morgan fingerprint density at radius 3 is 2.35 bits per heavy atom. The van der Waals surface area contributed by atoms with Crippen molar-refractivity contribution in [3.8, 4) is 0 Å². The van der Waals surface area contributed by atoms with Gasteiger partial charge in [0.25, 0.3) is 0 Å². The van der Waals surface area contributed by atoms with E-state index in [4.69, 9.17) is 0 Å². The van der Waals surface area contributed by atoms with E-state index in [1.807, 2.05) is 6.92 Å². The second kappa shape index (κ2) is 10.1.